The third-order valence-electron chi connectivity index (χ3n) is 6.07. The number of benzene rings is 1. The quantitative estimate of drug-likeness (QED) is 0.662. The molecule has 8 nitrogen and oxygen atoms in total. The van der Waals surface area contributed by atoms with Crippen LogP contribution in [0.3, 0.4) is 0 Å². The van der Waals surface area contributed by atoms with Gasteiger partial charge in [-0.15, -0.1) is 0 Å². The van der Waals surface area contributed by atoms with E-state index in [0.29, 0.717) is 36.8 Å². The van der Waals surface area contributed by atoms with E-state index >= 15 is 0 Å². The summed E-state index contributed by atoms with van der Waals surface area (Å²) >= 11 is 0. The molecule has 0 aliphatic carbocycles. The summed E-state index contributed by atoms with van der Waals surface area (Å²) in [6, 6.07) is 7.69. The number of nitrogens with zero attached hydrogens (tertiary/aromatic N) is 3. The topological polar surface area (TPSA) is 85.7 Å². The summed E-state index contributed by atoms with van der Waals surface area (Å²) in [5, 5.41) is 7.80. The number of likely N-dealkylation sites (tertiary alicyclic amines) is 1. The average molecular weight is 471 g/mol. The third kappa shape index (κ3) is 5.72. The molecule has 2 amide bonds. The van der Waals surface area contributed by atoms with Crippen LogP contribution in [-0.2, 0) is 27.0 Å². The molecular formula is C26H38N4O4. The zero-order valence-corrected chi connectivity index (χ0v) is 21.7. The molecule has 1 fully saturated rings. The third-order valence-corrected chi connectivity index (χ3v) is 6.07. The van der Waals surface area contributed by atoms with Crippen molar-refractivity contribution in [1.82, 2.24) is 14.7 Å². The van der Waals surface area contributed by atoms with E-state index in [1.807, 2.05) is 28.9 Å². The van der Waals surface area contributed by atoms with E-state index in [0.717, 1.165) is 11.3 Å². The van der Waals surface area contributed by atoms with Gasteiger partial charge in [0.1, 0.15) is 5.82 Å². The molecule has 1 aliphatic rings. The molecule has 8 heteroatoms. The SMILES string of the molecule is COc1ccc(CCN2CC(C(=O)Nc3cc(C(C)(C)C)nn3C(C)(C)C)CC2=O)cc1OC. The predicted octanol–water partition coefficient (Wildman–Crippen LogP) is 3.98. The molecule has 0 saturated carbocycles. The predicted molar refractivity (Wildman–Crippen MR) is 132 cm³/mol. The van der Waals surface area contributed by atoms with Gasteiger partial charge >= 0.3 is 0 Å². The van der Waals surface area contributed by atoms with Gasteiger partial charge in [0.15, 0.2) is 11.5 Å². The highest BCUT2D eigenvalue weighted by Crippen LogP contribution is 2.30. The highest BCUT2D eigenvalue weighted by Gasteiger charge is 2.35. The normalized spacial score (nSPS) is 16.6. The van der Waals surface area contributed by atoms with Crippen molar-refractivity contribution in [2.24, 2.45) is 5.92 Å². The van der Waals surface area contributed by atoms with Gasteiger partial charge in [0.2, 0.25) is 11.8 Å². The number of aromatic nitrogens is 2. The van der Waals surface area contributed by atoms with Gasteiger partial charge in [-0.05, 0) is 44.9 Å². The molecule has 2 aromatic rings. The Labute approximate surface area is 202 Å². The van der Waals surface area contributed by atoms with Crippen LogP contribution < -0.4 is 14.8 Å². The van der Waals surface area contributed by atoms with Crippen molar-refractivity contribution in [3.63, 3.8) is 0 Å². The maximum atomic E-state index is 13.1. The molecule has 34 heavy (non-hydrogen) atoms. The van der Waals surface area contributed by atoms with Crippen molar-refractivity contribution in [2.75, 3.05) is 32.6 Å². The molecule has 1 unspecified atom stereocenters. The molecule has 2 heterocycles. The van der Waals surface area contributed by atoms with Gasteiger partial charge < -0.3 is 19.7 Å². The van der Waals surface area contributed by atoms with Gasteiger partial charge in [0.05, 0.1) is 31.4 Å². The lowest BCUT2D eigenvalue weighted by Gasteiger charge is -2.23. The Morgan fingerprint density at radius 3 is 2.35 bits per heavy atom. The van der Waals surface area contributed by atoms with Crippen LogP contribution in [0.5, 0.6) is 11.5 Å². The summed E-state index contributed by atoms with van der Waals surface area (Å²) in [5.41, 5.74) is 1.53. The minimum absolute atomic E-state index is 0.000311. The van der Waals surface area contributed by atoms with Gasteiger partial charge in [-0.3, -0.25) is 9.59 Å². The Kier molecular flexibility index (Phi) is 7.29. The Hall–Kier alpha value is -3.03. The van der Waals surface area contributed by atoms with Crippen molar-refractivity contribution in [2.45, 2.75) is 65.3 Å². The van der Waals surface area contributed by atoms with Gasteiger partial charge in [0.25, 0.3) is 0 Å². The number of anilines is 1. The zero-order valence-electron chi connectivity index (χ0n) is 21.7. The summed E-state index contributed by atoms with van der Waals surface area (Å²) in [6.07, 6.45) is 0.889. The first-order valence-electron chi connectivity index (χ1n) is 11.7. The molecule has 1 atom stereocenters. The second-order valence-corrected chi connectivity index (χ2v) is 10.9. The first-order valence-corrected chi connectivity index (χ1v) is 11.7. The second-order valence-electron chi connectivity index (χ2n) is 10.9. The Morgan fingerprint density at radius 1 is 1.09 bits per heavy atom. The molecule has 1 aromatic carbocycles. The van der Waals surface area contributed by atoms with Crippen LogP contribution in [0, 0.1) is 5.92 Å². The highest BCUT2D eigenvalue weighted by atomic mass is 16.5. The van der Waals surface area contributed by atoms with Gasteiger partial charge in [-0.1, -0.05) is 26.8 Å². The highest BCUT2D eigenvalue weighted by molar-refractivity contribution is 5.96. The fourth-order valence-electron chi connectivity index (χ4n) is 4.04. The number of nitrogens with one attached hydrogen (secondary N) is 1. The van der Waals surface area contributed by atoms with Crippen molar-refractivity contribution in [3.8, 4) is 11.5 Å². The number of hydrogen-bond donors (Lipinski definition) is 1. The van der Waals surface area contributed by atoms with Crippen LogP contribution >= 0.6 is 0 Å². The van der Waals surface area contributed by atoms with Crippen molar-refractivity contribution >= 4 is 17.6 Å². The van der Waals surface area contributed by atoms with Gasteiger partial charge in [0, 0.05) is 31.0 Å². The fourth-order valence-corrected chi connectivity index (χ4v) is 4.04. The Bertz CT molecular complexity index is 1050. The first-order chi connectivity index (χ1) is 15.8. The van der Waals surface area contributed by atoms with E-state index in [4.69, 9.17) is 14.6 Å². The first kappa shape index (κ1) is 25.6. The number of carbonyl (C=O) groups is 2. The van der Waals surface area contributed by atoms with E-state index in [1.54, 1.807) is 19.1 Å². The van der Waals surface area contributed by atoms with E-state index in [1.165, 1.54) is 0 Å². The molecular weight excluding hydrogens is 432 g/mol. The molecule has 3 rings (SSSR count). The maximum Gasteiger partial charge on any atom is 0.230 e. The number of rotatable bonds is 7. The summed E-state index contributed by atoms with van der Waals surface area (Å²) in [4.78, 5) is 27.5. The number of hydrogen-bond acceptors (Lipinski definition) is 5. The van der Waals surface area contributed by atoms with Gasteiger partial charge in [-0.25, -0.2) is 4.68 Å². The summed E-state index contributed by atoms with van der Waals surface area (Å²) < 4.78 is 12.5. The minimum atomic E-state index is -0.390. The van der Waals surface area contributed by atoms with Crippen molar-refractivity contribution in [3.05, 3.63) is 35.5 Å². The molecule has 0 bridgehead atoms. The van der Waals surface area contributed by atoms with Crippen molar-refractivity contribution < 1.29 is 19.1 Å². The fraction of sp³-hybridized carbons (Fsp3) is 0.577. The lowest BCUT2D eigenvalue weighted by molar-refractivity contribution is -0.128. The largest absolute Gasteiger partial charge is 0.493 e. The molecule has 1 aliphatic heterocycles. The van der Waals surface area contributed by atoms with E-state index in [2.05, 4.69) is 46.9 Å². The van der Waals surface area contributed by atoms with Crippen LogP contribution in [0.4, 0.5) is 5.82 Å². The summed E-state index contributed by atoms with van der Waals surface area (Å²) in [5.74, 6) is 1.46. The number of ether oxygens (including phenoxy) is 2. The Morgan fingerprint density at radius 2 is 1.76 bits per heavy atom. The number of carbonyl (C=O) groups excluding carboxylic acids is 2. The maximum absolute atomic E-state index is 13.1. The van der Waals surface area contributed by atoms with Gasteiger partial charge in [-0.2, -0.15) is 5.10 Å². The second kappa shape index (κ2) is 9.68. The molecule has 1 aromatic heterocycles. The molecule has 1 saturated heterocycles. The molecule has 186 valence electrons. The van der Waals surface area contributed by atoms with E-state index in [9.17, 15) is 9.59 Å². The molecule has 0 radical (unpaired) electrons. The van der Waals surface area contributed by atoms with Crippen LogP contribution in [0.2, 0.25) is 0 Å². The summed E-state index contributed by atoms with van der Waals surface area (Å²) in [6.45, 7) is 13.4. The van der Waals surface area contributed by atoms with E-state index in [-0.39, 0.29) is 35.1 Å². The van der Waals surface area contributed by atoms with Crippen LogP contribution in [0.15, 0.2) is 24.3 Å². The lowest BCUT2D eigenvalue weighted by Crippen LogP contribution is -2.31. The number of methoxy groups -OCH3 is 2. The van der Waals surface area contributed by atoms with Crippen LogP contribution in [0.1, 0.15) is 59.2 Å². The Balaban J connectivity index is 1.66. The zero-order chi connectivity index (χ0) is 25.3. The van der Waals surface area contributed by atoms with Crippen molar-refractivity contribution in [1.29, 1.82) is 0 Å². The minimum Gasteiger partial charge on any atom is -0.493 e. The van der Waals surface area contributed by atoms with Crippen LogP contribution in [-0.4, -0.2) is 53.8 Å². The number of amides is 2. The smallest absolute Gasteiger partial charge is 0.230 e. The molecule has 0 spiro atoms. The standard InChI is InChI=1S/C26H38N4O4/c1-25(2,3)21-15-22(30(28-21)26(4,5)6)27-24(32)18-14-23(31)29(16-18)12-11-17-9-10-19(33-7)20(13-17)34-8/h9-10,13,15,18H,11-12,14,16H2,1-8H3,(H,27,32). The molecule has 1 N–H and O–H groups in total. The monoisotopic (exact) mass is 470 g/mol. The average Bonchev–Trinajstić information content (AvgIpc) is 3.35. The van der Waals surface area contributed by atoms with Crippen LogP contribution in [0.25, 0.3) is 0 Å². The van der Waals surface area contributed by atoms with E-state index < -0.39 is 0 Å². The summed E-state index contributed by atoms with van der Waals surface area (Å²) in [7, 11) is 3.20. The lowest BCUT2D eigenvalue weighted by atomic mass is 9.92.